The Bertz CT molecular complexity index is 1090. The van der Waals surface area contributed by atoms with E-state index in [-0.39, 0.29) is 5.91 Å². The van der Waals surface area contributed by atoms with Gasteiger partial charge in [-0.1, -0.05) is 91.0 Å². The summed E-state index contributed by atoms with van der Waals surface area (Å²) in [5.41, 5.74) is 2.82. The van der Waals surface area contributed by atoms with Gasteiger partial charge in [-0.2, -0.15) is 0 Å². The zero-order valence-corrected chi connectivity index (χ0v) is 19.5. The number of methoxy groups -OCH3 is 2. The van der Waals surface area contributed by atoms with Crippen LogP contribution in [0.4, 0.5) is 0 Å². The van der Waals surface area contributed by atoms with E-state index in [1.54, 1.807) is 14.2 Å². The number of benzene rings is 4. The van der Waals surface area contributed by atoms with Gasteiger partial charge >= 0.3 is 0 Å². The van der Waals surface area contributed by atoms with Crippen molar-refractivity contribution >= 4 is 5.91 Å². The molecule has 0 bridgehead atoms. The molecule has 0 saturated heterocycles. The third-order valence-corrected chi connectivity index (χ3v) is 6.07. The summed E-state index contributed by atoms with van der Waals surface area (Å²) in [6.07, 6.45) is 0.647. The lowest BCUT2D eigenvalue weighted by Gasteiger charge is -2.34. The van der Waals surface area contributed by atoms with Gasteiger partial charge in [-0.3, -0.25) is 4.79 Å². The fraction of sp³-hybridized carbons (Fsp3) is 0.167. The summed E-state index contributed by atoms with van der Waals surface area (Å²) >= 11 is 0. The molecule has 34 heavy (non-hydrogen) atoms. The van der Waals surface area contributed by atoms with E-state index in [0.717, 1.165) is 33.8 Å². The van der Waals surface area contributed by atoms with Gasteiger partial charge in [-0.05, 0) is 40.8 Å². The Morgan fingerprint density at radius 2 is 1.09 bits per heavy atom. The van der Waals surface area contributed by atoms with Gasteiger partial charge in [0, 0.05) is 12.6 Å². The molecular formula is C30H29NO3. The normalized spacial score (nSPS) is 11.0. The number of carbonyl (C=O) groups excluding carboxylic acids is 1. The van der Waals surface area contributed by atoms with Gasteiger partial charge in [0.1, 0.15) is 16.9 Å². The Labute approximate surface area is 201 Å². The molecule has 0 radical (unpaired) electrons. The van der Waals surface area contributed by atoms with Crippen molar-refractivity contribution in [3.63, 3.8) is 0 Å². The van der Waals surface area contributed by atoms with E-state index in [1.165, 1.54) is 0 Å². The molecule has 0 aromatic heterocycles. The molecule has 0 spiro atoms. The number of nitrogens with one attached hydrogen (secondary N) is 1. The van der Waals surface area contributed by atoms with Crippen LogP contribution in [-0.2, 0) is 16.6 Å². The van der Waals surface area contributed by atoms with Crippen molar-refractivity contribution in [2.24, 2.45) is 0 Å². The van der Waals surface area contributed by atoms with Crippen LogP contribution in [0.2, 0.25) is 0 Å². The van der Waals surface area contributed by atoms with Gasteiger partial charge in [0.2, 0.25) is 5.91 Å². The molecule has 4 nitrogen and oxygen atoms in total. The molecule has 0 heterocycles. The van der Waals surface area contributed by atoms with Crippen LogP contribution in [0.5, 0.6) is 11.5 Å². The van der Waals surface area contributed by atoms with Crippen molar-refractivity contribution in [2.45, 2.75) is 11.8 Å². The summed E-state index contributed by atoms with van der Waals surface area (Å²) in [5, 5.41) is 3.22. The summed E-state index contributed by atoms with van der Waals surface area (Å²) in [7, 11) is 3.27. The lowest BCUT2D eigenvalue weighted by molar-refractivity contribution is -0.124. The average Bonchev–Trinajstić information content (AvgIpc) is 2.91. The monoisotopic (exact) mass is 451 g/mol. The largest absolute Gasteiger partial charge is 0.497 e. The molecule has 172 valence electrons. The second-order valence-corrected chi connectivity index (χ2v) is 8.07. The van der Waals surface area contributed by atoms with Crippen molar-refractivity contribution < 1.29 is 14.3 Å². The van der Waals surface area contributed by atoms with E-state index >= 15 is 0 Å². The zero-order chi connectivity index (χ0) is 23.8. The first-order valence-corrected chi connectivity index (χ1v) is 11.4. The van der Waals surface area contributed by atoms with Gasteiger partial charge in [-0.15, -0.1) is 0 Å². The SMILES string of the molecule is COc1cc(CCNC(=O)C(c2ccccc2)(c2ccccc2)c2ccccc2)cc(OC)c1. The Morgan fingerprint density at radius 1 is 0.676 bits per heavy atom. The third kappa shape index (κ3) is 4.67. The maximum Gasteiger partial charge on any atom is 0.239 e. The quantitative estimate of drug-likeness (QED) is 0.347. The Hall–Kier alpha value is -4.05. The van der Waals surface area contributed by atoms with Crippen LogP contribution in [0, 0.1) is 0 Å². The first kappa shape index (κ1) is 23.1. The lowest BCUT2D eigenvalue weighted by Crippen LogP contribution is -2.46. The molecular weight excluding hydrogens is 422 g/mol. The minimum Gasteiger partial charge on any atom is -0.497 e. The van der Waals surface area contributed by atoms with Crippen molar-refractivity contribution in [3.8, 4) is 11.5 Å². The predicted octanol–water partition coefficient (Wildman–Crippen LogP) is 5.40. The second kappa shape index (κ2) is 10.7. The number of hydrogen-bond acceptors (Lipinski definition) is 3. The smallest absolute Gasteiger partial charge is 0.239 e. The molecule has 0 aliphatic carbocycles. The van der Waals surface area contributed by atoms with Gasteiger partial charge in [0.05, 0.1) is 14.2 Å². The van der Waals surface area contributed by atoms with Crippen LogP contribution in [-0.4, -0.2) is 26.7 Å². The average molecular weight is 452 g/mol. The minimum absolute atomic E-state index is 0.0639. The van der Waals surface area contributed by atoms with Crippen LogP contribution < -0.4 is 14.8 Å². The first-order chi connectivity index (χ1) is 16.7. The fourth-order valence-electron chi connectivity index (χ4n) is 4.42. The lowest BCUT2D eigenvalue weighted by atomic mass is 9.68. The van der Waals surface area contributed by atoms with Crippen LogP contribution >= 0.6 is 0 Å². The predicted molar refractivity (Wildman–Crippen MR) is 135 cm³/mol. The van der Waals surface area contributed by atoms with Gasteiger partial charge in [-0.25, -0.2) is 0 Å². The fourth-order valence-corrected chi connectivity index (χ4v) is 4.42. The first-order valence-electron chi connectivity index (χ1n) is 11.4. The summed E-state index contributed by atoms with van der Waals surface area (Å²) in [6.45, 7) is 0.476. The molecule has 1 N–H and O–H groups in total. The number of carbonyl (C=O) groups is 1. The summed E-state index contributed by atoms with van der Waals surface area (Å²) in [5.74, 6) is 1.40. The van der Waals surface area contributed by atoms with Gasteiger partial charge in [0.15, 0.2) is 0 Å². The highest BCUT2D eigenvalue weighted by molar-refractivity contribution is 5.96. The van der Waals surface area contributed by atoms with Crippen LogP contribution in [0.1, 0.15) is 22.3 Å². The third-order valence-electron chi connectivity index (χ3n) is 6.07. The van der Waals surface area contributed by atoms with E-state index in [9.17, 15) is 4.79 Å². The van der Waals surface area contributed by atoms with Crippen molar-refractivity contribution in [3.05, 3.63) is 131 Å². The molecule has 0 atom stereocenters. The Balaban J connectivity index is 1.71. The Kier molecular flexibility index (Phi) is 7.28. The molecule has 0 aliphatic heterocycles. The molecule has 0 aliphatic rings. The van der Waals surface area contributed by atoms with Crippen LogP contribution in [0.3, 0.4) is 0 Å². The van der Waals surface area contributed by atoms with Crippen LogP contribution in [0.25, 0.3) is 0 Å². The minimum atomic E-state index is -0.976. The summed E-state index contributed by atoms with van der Waals surface area (Å²) in [6, 6.07) is 35.7. The Morgan fingerprint density at radius 3 is 1.47 bits per heavy atom. The highest BCUT2D eigenvalue weighted by Crippen LogP contribution is 2.39. The molecule has 4 rings (SSSR count). The zero-order valence-electron chi connectivity index (χ0n) is 19.5. The van der Waals surface area contributed by atoms with Crippen molar-refractivity contribution in [1.82, 2.24) is 5.32 Å². The molecule has 4 heteroatoms. The van der Waals surface area contributed by atoms with E-state index in [0.29, 0.717) is 13.0 Å². The maximum absolute atomic E-state index is 14.1. The second-order valence-electron chi connectivity index (χ2n) is 8.07. The van der Waals surface area contributed by atoms with Crippen molar-refractivity contribution in [1.29, 1.82) is 0 Å². The van der Waals surface area contributed by atoms with Crippen molar-refractivity contribution in [2.75, 3.05) is 20.8 Å². The highest BCUT2D eigenvalue weighted by Gasteiger charge is 2.43. The highest BCUT2D eigenvalue weighted by atomic mass is 16.5. The summed E-state index contributed by atoms with van der Waals surface area (Å²) in [4.78, 5) is 14.1. The topological polar surface area (TPSA) is 47.6 Å². The van der Waals surface area contributed by atoms with E-state index < -0.39 is 5.41 Å². The molecule has 0 fully saturated rings. The summed E-state index contributed by atoms with van der Waals surface area (Å²) < 4.78 is 10.8. The standard InChI is InChI=1S/C30H29NO3/c1-33-27-20-23(21-28(22-27)34-2)18-19-31-29(32)30(24-12-6-3-7-13-24,25-14-8-4-9-15-25)26-16-10-5-11-17-26/h3-17,20-22H,18-19H2,1-2H3,(H,31,32). The van der Waals surface area contributed by atoms with E-state index in [2.05, 4.69) is 5.32 Å². The maximum atomic E-state index is 14.1. The number of ether oxygens (including phenoxy) is 2. The number of hydrogen-bond donors (Lipinski definition) is 1. The molecule has 4 aromatic carbocycles. The number of rotatable bonds is 9. The number of amides is 1. The molecule has 0 saturated carbocycles. The molecule has 1 amide bonds. The molecule has 4 aromatic rings. The van der Waals surface area contributed by atoms with E-state index in [4.69, 9.17) is 9.47 Å². The molecule has 0 unspecified atom stereocenters. The van der Waals surface area contributed by atoms with E-state index in [1.807, 2.05) is 109 Å². The van der Waals surface area contributed by atoms with Crippen LogP contribution in [0.15, 0.2) is 109 Å². The van der Waals surface area contributed by atoms with Gasteiger partial charge < -0.3 is 14.8 Å². The van der Waals surface area contributed by atoms with Gasteiger partial charge in [0.25, 0.3) is 0 Å².